The van der Waals surface area contributed by atoms with Crippen LogP contribution < -0.4 is 11.4 Å². The molecule has 16 heteroatoms. The number of anilines is 1. The van der Waals surface area contributed by atoms with Crippen LogP contribution in [0.5, 0.6) is 0 Å². The van der Waals surface area contributed by atoms with Gasteiger partial charge >= 0.3 is 20.9 Å². The highest BCUT2D eigenvalue weighted by Gasteiger charge is 2.39. The van der Waals surface area contributed by atoms with Gasteiger partial charge in [0, 0.05) is 39.3 Å². The Morgan fingerprint density at radius 1 is 1.27 bits per heavy atom. The molecule has 3 N–H and O–H groups in total. The Kier molecular flexibility index (Phi) is 7.65. The zero-order chi connectivity index (χ0) is 22.9. The summed E-state index contributed by atoms with van der Waals surface area (Å²) in [6.45, 7) is 4.06. The van der Waals surface area contributed by atoms with Crippen molar-refractivity contribution >= 4 is 34.7 Å². The highest BCUT2D eigenvalue weighted by atomic mass is 31.3. The lowest BCUT2D eigenvalue weighted by Crippen LogP contribution is -2.29. The lowest BCUT2D eigenvalue weighted by molar-refractivity contribution is -0.0419. The Morgan fingerprint density at radius 2 is 1.90 bits per heavy atom. The lowest BCUT2D eigenvalue weighted by atomic mass is 10.2. The highest BCUT2D eigenvalue weighted by Crippen LogP contribution is 2.67. The first-order valence-corrected chi connectivity index (χ1v) is 15.1. The fraction of sp³-hybridized carbons (Fsp3) is 0.643. The van der Waals surface area contributed by atoms with Gasteiger partial charge in [0.25, 0.3) is 0 Å². The van der Waals surface area contributed by atoms with Crippen molar-refractivity contribution in [3.8, 4) is 0 Å². The summed E-state index contributed by atoms with van der Waals surface area (Å²) in [5.74, 6) is -0.233. The van der Waals surface area contributed by atoms with E-state index < -0.39 is 53.3 Å². The molecular weight excluding hydrogens is 463 g/mol. The van der Waals surface area contributed by atoms with E-state index in [-0.39, 0.29) is 17.8 Å². The van der Waals surface area contributed by atoms with Crippen molar-refractivity contribution in [2.45, 2.75) is 24.9 Å². The van der Waals surface area contributed by atoms with Crippen molar-refractivity contribution in [2.75, 3.05) is 39.0 Å². The second-order valence-electron chi connectivity index (χ2n) is 7.08. The average molecular weight is 487 g/mol. The lowest BCUT2D eigenvalue weighted by Gasteiger charge is -2.22. The molecule has 0 aliphatic carbocycles. The predicted octanol–water partition coefficient (Wildman–Crippen LogP) is 1.52. The van der Waals surface area contributed by atoms with Crippen LogP contribution in [0.15, 0.2) is 11.0 Å². The maximum Gasteiger partial charge on any atom is 0.351 e. The van der Waals surface area contributed by atoms with Crippen LogP contribution in [0.4, 0.5) is 5.82 Å². The topological polar surface area (TPSA) is 186 Å². The smallest absolute Gasteiger partial charge is 0.351 e. The molecule has 1 aromatic heterocycles. The van der Waals surface area contributed by atoms with Crippen LogP contribution in [-0.2, 0) is 31.6 Å². The molecule has 1 saturated heterocycles. The Bertz CT molecular complexity index is 1010. The molecule has 0 aromatic carbocycles. The third kappa shape index (κ3) is 6.93. The molecule has 5 atom stereocenters. The summed E-state index contributed by atoms with van der Waals surface area (Å²) in [6, 6.07) is 0. The number of carbonyl (C=O) groups is 1. The molecule has 2 rings (SSSR count). The Balaban J connectivity index is 2.05. The third-order valence-corrected chi connectivity index (χ3v) is 9.52. The molecule has 1 aromatic rings. The van der Waals surface area contributed by atoms with Crippen LogP contribution in [0.3, 0.4) is 0 Å². The van der Waals surface area contributed by atoms with Crippen LogP contribution in [0.1, 0.15) is 23.0 Å². The van der Waals surface area contributed by atoms with Gasteiger partial charge in [-0.05, 0) is 0 Å². The Morgan fingerprint density at radius 3 is 2.47 bits per heavy atom. The zero-order valence-corrected chi connectivity index (χ0v) is 19.4. The van der Waals surface area contributed by atoms with E-state index in [1.54, 1.807) is 0 Å². The number of aldehydes is 1. The molecular formula is C14H24N3O10P3. The van der Waals surface area contributed by atoms with Crippen LogP contribution in [0.25, 0.3) is 0 Å². The minimum Gasteiger partial charge on any atom is -0.390 e. The fourth-order valence-electron chi connectivity index (χ4n) is 2.70. The average Bonchev–Trinajstić information content (AvgIpc) is 2.90. The van der Waals surface area contributed by atoms with Crippen LogP contribution in [0, 0.1) is 0 Å². The summed E-state index contributed by atoms with van der Waals surface area (Å²) in [4.78, 5) is 26.6. The maximum absolute atomic E-state index is 12.5. The summed E-state index contributed by atoms with van der Waals surface area (Å²) in [7, 11) is -11.1. The largest absolute Gasteiger partial charge is 0.390 e. The van der Waals surface area contributed by atoms with E-state index in [1.165, 1.54) is 13.3 Å². The molecule has 0 radical (unpaired) electrons. The van der Waals surface area contributed by atoms with Gasteiger partial charge in [-0.3, -0.25) is 27.4 Å². The number of ether oxygens (including phenoxy) is 1. The van der Waals surface area contributed by atoms with Crippen molar-refractivity contribution in [3.63, 3.8) is 0 Å². The molecule has 0 saturated carbocycles. The van der Waals surface area contributed by atoms with Gasteiger partial charge < -0.3 is 20.1 Å². The van der Waals surface area contributed by atoms with Gasteiger partial charge in [0.2, 0.25) is 7.37 Å². The SMILES string of the molecule is CP(C)(=O)OP(C)(=O)OP(C)(=O)OCC1OC(n2cc(C=O)c(N)nc2=O)CC1O. The first kappa shape index (κ1) is 25.1. The Labute approximate surface area is 172 Å². The van der Waals surface area contributed by atoms with E-state index in [1.807, 2.05) is 0 Å². The van der Waals surface area contributed by atoms with Crippen molar-refractivity contribution < 1.29 is 41.5 Å². The molecule has 13 nitrogen and oxygen atoms in total. The van der Waals surface area contributed by atoms with Gasteiger partial charge in [0.05, 0.1) is 18.3 Å². The molecule has 0 spiro atoms. The number of carbonyl (C=O) groups excluding carboxylic acids is 1. The number of rotatable bonds is 9. The van der Waals surface area contributed by atoms with E-state index in [9.17, 15) is 28.4 Å². The van der Waals surface area contributed by atoms with Gasteiger partial charge in [0.15, 0.2) is 6.29 Å². The summed E-state index contributed by atoms with van der Waals surface area (Å²) >= 11 is 0. The second kappa shape index (κ2) is 9.14. The van der Waals surface area contributed by atoms with Gasteiger partial charge in [-0.2, -0.15) is 4.98 Å². The molecule has 1 aliphatic heterocycles. The number of aliphatic hydroxyl groups excluding tert-OH is 1. The van der Waals surface area contributed by atoms with Crippen molar-refractivity contribution in [3.05, 3.63) is 22.2 Å². The van der Waals surface area contributed by atoms with Crippen LogP contribution in [0.2, 0.25) is 0 Å². The molecule has 30 heavy (non-hydrogen) atoms. The molecule has 170 valence electrons. The molecule has 5 unspecified atom stereocenters. The molecule has 1 aliphatic rings. The molecule has 2 heterocycles. The zero-order valence-electron chi connectivity index (χ0n) is 16.7. The number of nitrogens with zero attached hydrogens (tertiary/aromatic N) is 2. The highest BCUT2D eigenvalue weighted by molar-refractivity contribution is 7.73. The fourth-order valence-corrected chi connectivity index (χ4v) is 8.71. The number of nitrogen functional groups attached to an aromatic ring is 1. The second-order valence-corrected chi connectivity index (χ2v) is 14.2. The van der Waals surface area contributed by atoms with Gasteiger partial charge in [0.1, 0.15) is 18.1 Å². The molecule has 0 bridgehead atoms. The minimum absolute atomic E-state index is 0.0262. The standard InChI is InChI=1S/C14H24N3O10P3/c1-28(2,21)26-30(4,23)27-29(3,22)24-8-11-10(19)5-12(25-11)17-6-9(7-18)13(15)16-14(17)20/h6-7,10-12,19H,5,8H2,1-4H3,(H2,15,16,20). The Hall–Kier alpha value is -1.16. The van der Waals surface area contributed by atoms with E-state index in [2.05, 4.69) is 4.98 Å². The number of hydrogen-bond donors (Lipinski definition) is 2. The normalized spacial score (nSPS) is 26.1. The molecule has 1 fully saturated rings. The number of aromatic nitrogens is 2. The first-order chi connectivity index (χ1) is 13.6. The quantitative estimate of drug-likeness (QED) is 0.378. The van der Waals surface area contributed by atoms with E-state index in [0.29, 0.717) is 6.29 Å². The third-order valence-electron chi connectivity index (χ3n) is 3.77. The monoisotopic (exact) mass is 487 g/mol. The first-order valence-electron chi connectivity index (χ1n) is 8.57. The van der Waals surface area contributed by atoms with Crippen molar-refractivity contribution in [2.24, 2.45) is 0 Å². The number of hydrogen-bond acceptors (Lipinski definition) is 12. The van der Waals surface area contributed by atoms with Crippen molar-refractivity contribution in [1.29, 1.82) is 0 Å². The number of nitrogens with two attached hydrogens (primary N) is 1. The minimum atomic E-state index is -3.95. The van der Waals surface area contributed by atoms with Gasteiger partial charge in [-0.15, -0.1) is 0 Å². The van der Waals surface area contributed by atoms with Gasteiger partial charge in [-0.25, -0.2) is 9.11 Å². The summed E-state index contributed by atoms with van der Waals surface area (Å²) in [6.07, 6.45) is -1.57. The van der Waals surface area contributed by atoms with E-state index in [0.717, 1.165) is 24.1 Å². The predicted molar refractivity (Wildman–Crippen MR) is 107 cm³/mol. The summed E-state index contributed by atoms with van der Waals surface area (Å²) in [5.41, 5.74) is 4.67. The number of aliphatic hydroxyl groups is 1. The van der Waals surface area contributed by atoms with E-state index in [4.69, 9.17) is 23.6 Å². The van der Waals surface area contributed by atoms with Crippen molar-refractivity contribution in [1.82, 2.24) is 9.55 Å². The maximum atomic E-state index is 12.5. The van der Waals surface area contributed by atoms with Gasteiger partial charge in [-0.1, -0.05) is 0 Å². The summed E-state index contributed by atoms with van der Waals surface area (Å²) in [5, 5.41) is 10.2. The molecule has 0 amide bonds. The van der Waals surface area contributed by atoms with Crippen LogP contribution in [-0.4, -0.2) is 66.4 Å². The summed E-state index contributed by atoms with van der Waals surface area (Å²) < 4.78 is 57.8. The van der Waals surface area contributed by atoms with E-state index >= 15 is 0 Å². The van der Waals surface area contributed by atoms with Crippen LogP contribution >= 0.6 is 22.6 Å².